The van der Waals surface area contributed by atoms with Crippen LogP contribution in [-0.4, -0.2) is 65.8 Å². The van der Waals surface area contributed by atoms with Crippen LogP contribution in [0.25, 0.3) is 0 Å². The van der Waals surface area contributed by atoms with Crippen LogP contribution in [0, 0.1) is 11.3 Å². The van der Waals surface area contributed by atoms with Crippen molar-refractivity contribution in [2.45, 2.75) is 44.2 Å². The molecule has 158 valence electrons. The number of carbonyl (C=O) groups is 2. The van der Waals surface area contributed by atoms with E-state index in [1.165, 1.54) is 0 Å². The second kappa shape index (κ2) is 9.73. The minimum absolute atomic E-state index is 0.0843. The van der Waals surface area contributed by atoms with Gasteiger partial charge >= 0.3 is 0 Å². The average molecular weight is 401 g/mol. The quantitative estimate of drug-likeness (QED) is 0.402. The van der Waals surface area contributed by atoms with Gasteiger partial charge in [0.15, 0.2) is 5.96 Å². The number of nitrogens with two attached hydrogens (primary N) is 2. The predicted molar refractivity (Wildman–Crippen MR) is 112 cm³/mol. The number of amides is 2. The van der Waals surface area contributed by atoms with Gasteiger partial charge in [0.25, 0.3) is 0 Å². The fourth-order valence-corrected chi connectivity index (χ4v) is 4.28. The maximum atomic E-state index is 12.9. The molecule has 1 unspecified atom stereocenters. The monoisotopic (exact) mass is 400 g/mol. The van der Waals surface area contributed by atoms with Gasteiger partial charge in [-0.05, 0) is 43.6 Å². The number of rotatable bonds is 6. The Morgan fingerprint density at radius 2 is 1.90 bits per heavy atom. The van der Waals surface area contributed by atoms with E-state index in [0.29, 0.717) is 32.5 Å². The molecule has 3 atom stereocenters. The second-order valence-corrected chi connectivity index (χ2v) is 8.07. The normalized spacial score (nSPS) is 22.9. The largest absolute Gasteiger partial charge is 0.370 e. The Kier molecular flexibility index (Phi) is 7.09. The average Bonchev–Trinajstić information content (AvgIpc) is 3.22. The summed E-state index contributed by atoms with van der Waals surface area (Å²) in [5.74, 6) is 0.0816. The summed E-state index contributed by atoms with van der Waals surface area (Å²) in [6.07, 6.45) is 3.90. The molecular weight excluding hydrogens is 368 g/mol. The number of benzene rings is 1. The van der Waals surface area contributed by atoms with E-state index in [1.54, 1.807) is 4.90 Å². The van der Waals surface area contributed by atoms with Crippen LogP contribution in [-0.2, 0) is 16.0 Å². The van der Waals surface area contributed by atoms with Crippen molar-refractivity contribution in [1.29, 1.82) is 5.41 Å². The highest BCUT2D eigenvalue weighted by Gasteiger charge is 2.36. The Bertz CT molecular complexity index is 725. The molecule has 1 aromatic carbocycles. The number of hydrogen-bond acceptors (Lipinski definition) is 4. The fraction of sp³-hybridized carbons (Fsp3) is 0.571. The molecule has 0 saturated carbocycles. The van der Waals surface area contributed by atoms with Crippen molar-refractivity contribution in [2.75, 3.05) is 26.2 Å². The lowest BCUT2D eigenvalue weighted by Crippen LogP contribution is -2.53. The predicted octanol–water partition coefficient (Wildman–Crippen LogP) is 0.269. The van der Waals surface area contributed by atoms with Crippen LogP contribution >= 0.6 is 0 Å². The van der Waals surface area contributed by atoms with Gasteiger partial charge in [0.2, 0.25) is 11.8 Å². The Morgan fingerprint density at radius 1 is 1.17 bits per heavy atom. The van der Waals surface area contributed by atoms with Gasteiger partial charge in [-0.2, -0.15) is 0 Å². The number of carbonyl (C=O) groups excluding carboxylic acids is 2. The zero-order chi connectivity index (χ0) is 20.8. The lowest BCUT2D eigenvalue weighted by molar-refractivity contribution is -0.139. The maximum absolute atomic E-state index is 12.9. The molecule has 0 bridgehead atoms. The van der Waals surface area contributed by atoms with Gasteiger partial charge in [0, 0.05) is 26.2 Å². The van der Waals surface area contributed by atoms with Gasteiger partial charge in [-0.15, -0.1) is 0 Å². The molecule has 2 heterocycles. The molecule has 6 N–H and O–H groups in total. The van der Waals surface area contributed by atoms with Crippen molar-refractivity contribution >= 4 is 17.8 Å². The molecule has 2 amide bonds. The summed E-state index contributed by atoms with van der Waals surface area (Å²) >= 11 is 0. The first-order valence-electron chi connectivity index (χ1n) is 10.4. The summed E-state index contributed by atoms with van der Waals surface area (Å²) < 4.78 is 0. The minimum Gasteiger partial charge on any atom is -0.370 e. The molecule has 0 radical (unpaired) electrons. The van der Waals surface area contributed by atoms with Crippen molar-refractivity contribution in [1.82, 2.24) is 15.1 Å². The van der Waals surface area contributed by atoms with Gasteiger partial charge < -0.3 is 26.6 Å². The third-order valence-corrected chi connectivity index (χ3v) is 5.88. The van der Waals surface area contributed by atoms with Crippen LogP contribution < -0.4 is 16.8 Å². The molecule has 2 fully saturated rings. The van der Waals surface area contributed by atoms with E-state index < -0.39 is 12.1 Å². The van der Waals surface area contributed by atoms with Crippen LogP contribution in [0.5, 0.6) is 0 Å². The zero-order valence-electron chi connectivity index (χ0n) is 16.8. The van der Waals surface area contributed by atoms with Crippen molar-refractivity contribution < 1.29 is 9.59 Å². The Hall–Kier alpha value is -2.61. The van der Waals surface area contributed by atoms with Crippen molar-refractivity contribution in [3.8, 4) is 0 Å². The number of guanidine groups is 1. The van der Waals surface area contributed by atoms with Gasteiger partial charge in [-0.3, -0.25) is 15.0 Å². The molecule has 2 saturated heterocycles. The molecule has 3 rings (SSSR count). The molecule has 8 heteroatoms. The summed E-state index contributed by atoms with van der Waals surface area (Å²) in [5, 5.41) is 10.6. The standard InChI is InChI=1S/C21H32N6O2/c22-17(12-15-6-2-1-3-7-15)20(29)27-11-5-9-18(27)19(28)25-13-16-8-4-10-26(14-16)21(23)24/h1-3,6-7,16-18H,4-5,8-14,22H2,(H3,23,24)(H,25,28)/t16?,17-,18+/m1/s1. The van der Waals surface area contributed by atoms with Gasteiger partial charge in [0.05, 0.1) is 6.04 Å². The van der Waals surface area contributed by atoms with E-state index in [-0.39, 0.29) is 23.7 Å². The Morgan fingerprint density at radius 3 is 2.62 bits per heavy atom. The van der Waals surface area contributed by atoms with Gasteiger partial charge in [0.1, 0.15) is 6.04 Å². The summed E-state index contributed by atoms with van der Waals surface area (Å²) in [6, 6.07) is 8.60. The van der Waals surface area contributed by atoms with E-state index in [2.05, 4.69) is 5.32 Å². The summed E-state index contributed by atoms with van der Waals surface area (Å²) in [5.41, 5.74) is 12.8. The van der Waals surface area contributed by atoms with Crippen LogP contribution in [0.15, 0.2) is 30.3 Å². The van der Waals surface area contributed by atoms with E-state index in [4.69, 9.17) is 16.9 Å². The van der Waals surface area contributed by atoms with E-state index in [0.717, 1.165) is 31.4 Å². The van der Waals surface area contributed by atoms with E-state index in [9.17, 15) is 9.59 Å². The minimum atomic E-state index is -0.645. The Balaban J connectivity index is 1.52. The maximum Gasteiger partial charge on any atom is 0.242 e. The highest BCUT2D eigenvalue weighted by atomic mass is 16.2. The molecule has 29 heavy (non-hydrogen) atoms. The second-order valence-electron chi connectivity index (χ2n) is 8.07. The Labute approximate surface area is 172 Å². The third kappa shape index (κ3) is 5.47. The smallest absolute Gasteiger partial charge is 0.242 e. The highest BCUT2D eigenvalue weighted by molar-refractivity contribution is 5.90. The fourth-order valence-electron chi connectivity index (χ4n) is 4.28. The SMILES string of the molecule is N=C(N)N1CCCC(CNC(=O)[C@@H]2CCCN2C(=O)[C@H](N)Cc2ccccc2)C1. The molecule has 8 nitrogen and oxygen atoms in total. The first kappa shape index (κ1) is 21.1. The number of likely N-dealkylation sites (tertiary alicyclic amines) is 2. The van der Waals surface area contributed by atoms with Crippen LogP contribution in [0.1, 0.15) is 31.2 Å². The van der Waals surface area contributed by atoms with E-state index >= 15 is 0 Å². The first-order chi connectivity index (χ1) is 14.0. The number of piperidine rings is 1. The van der Waals surface area contributed by atoms with Crippen LogP contribution in [0.4, 0.5) is 0 Å². The molecule has 2 aliphatic heterocycles. The number of nitrogens with one attached hydrogen (secondary N) is 2. The molecule has 0 aromatic heterocycles. The summed E-state index contributed by atoms with van der Waals surface area (Å²) in [6.45, 7) is 2.59. The third-order valence-electron chi connectivity index (χ3n) is 5.88. The molecule has 0 aliphatic carbocycles. The highest BCUT2D eigenvalue weighted by Crippen LogP contribution is 2.20. The van der Waals surface area contributed by atoms with Crippen molar-refractivity contribution in [3.63, 3.8) is 0 Å². The topological polar surface area (TPSA) is 129 Å². The summed E-state index contributed by atoms with van der Waals surface area (Å²) in [7, 11) is 0. The van der Waals surface area contributed by atoms with E-state index in [1.807, 2.05) is 35.2 Å². The number of hydrogen-bond donors (Lipinski definition) is 4. The molecule has 2 aliphatic rings. The molecule has 1 aromatic rings. The van der Waals surface area contributed by atoms with Crippen molar-refractivity contribution in [3.05, 3.63) is 35.9 Å². The first-order valence-corrected chi connectivity index (χ1v) is 10.4. The lowest BCUT2D eigenvalue weighted by atomic mass is 9.98. The lowest BCUT2D eigenvalue weighted by Gasteiger charge is -2.33. The van der Waals surface area contributed by atoms with Crippen molar-refractivity contribution in [2.24, 2.45) is 17.4 Å². The summed E-state index contributed by atoms with van der Waals surface area (Å²) in [4.78, 5) is 29.1. The molecular formula is C21H32N6O2. The van der Waals surface area contributed by atoms with Gasteiger partial charge in [-0.1, -0.05) is 30.3 Å². The number of nitrogens with zero attached hydrogens (tertiary/aromatic N) is 2. The molecule has 0 spiro atoms. The van der Waals surface area contributed by atoms with Gasteiger partial charge in [-0.25, -0.2) is 0 Å². The van der Waals surface area contributed by atoms with Crippen LogP contribution in [0.3, 0.4) is 0 Å². The van der Waals surface area contributed by atoms with Crippen LogP contribution in [0.2, 0.25) is 0 Å². The zero-order valence-corrected chi connectivity index (χ0v) is 16.8.